The molecule has 4 nitrogen and oxygen atoms in total. The third-order valence-electron chi connectivity index (χ3n) is 1.06. The number of ether oxygens (including phenoxy) is 2. The first-order chi connectivity index (χ1) is 5.95. The lowest BCUT2D eigenvalue weighted by Gasteiger charge is -2.19. The monoisotopic (exact) mass is 188 g/mol. The van der Waals surface area contributed by atoms with Crippen molar-refractivity contribution in [2.24, 2.45) is 0 Å². The Morgan fingerprint density at radius 2 is 2.08 bits per heavy atom. The number of alkyl carbamates (subject to hydrolysis) is 1. The van der Waals surface area contributed by atoms with Crippen LogP contribution in [0.3, 0.4) is 0 Å². The van der Waals surface area contributed by atoms with Crippen molar-refractivity contribution in [1.82, 2.24) is 5.32 Å². The van der Waals surface area contributed by atoms with Gasteiger partial charge in [0.25, 0.3) is 0 Å². The molecule has 1 radical (unpaired) electrons. The number of nitrogens with one attached hydrogen (secondary N) is 1. The quantitative estimate of drug-likeness (QED) is 0.678. The van der Waals surface area contributed by atoms with Crippen LogP contribution in [-0.2, 0) is 9.47 Å². The van der Waals surface area contributed by atoms with E-state index in [9.17, 15) is 4.79 Å². The zero-order valence-corrected chi connectivity index (χ0v) is 8.55. The van der Waals surface area contributed by atoms with Crippen LogP contribution in [-0.4, -0.2) is 31.5 Å². The topological polar surface area (TPSA) is 47.6 Å². The highest BCUT2D eigenvalue weighted by molar-refractivity contribution is 5.67. The Balaban J connectivity index is 3.41. The van der Waals surface area contributed by atoms with E-state index in [1.54, 1.807) is 0 Å². The summed E-state index contributed by atoms with van der Waals surface area (Å²) < 4.78 is 9.93. The molecule has 0 aromatic carbocycles. The van der Waals surface area contributed by atoms with Crippen LogP contribution in [0.15, 0.2) is 0 Å². The average molecular weight is 188 g/mol. The molecule has 4 heteroatoms. The predicted molar refractivity (Wildman–Crippen MR) is 50.4 cm³/mol. The molecule has 0 aromatic heterocycles. The maximum atomic E-state index is 11.0. The number of hydrogen-bond donors (Lipinski definition) is 1. The SMILES string of the molecule is [CH2]COCCNC(=O)OC(C)(C)C. The van der Waals surface area contributed by atoms with Gasteiger partial charge in [0.1, 0.15) is 5.60 Å². The molecule has 0 saturated carbocycles. The maximum Gasteiger partial charge on any atom is 0.407 e. The normalized spacial score (nSPS) is 11.1. The van der Waals surface area contributed by atoms with Gasteiger partial charge < -0.3 is 14.8 Å². The fourth-order valence-corrected chi connectivity index (χ4v) is 0.642. The second-order valence-electron chi connectivity index (χ2n) is 3.54. The Bertz CT molecular complexity index is 151. The second kappa shape index (κ2) is 5.80. The van der Waals surface area contributed by atoms with E-state index in [4.69, 9.17) is 9.47 Å². The smallest absolute Gasteiger partial charge is 0.407 e. The van der Waals surface area contributed by atoms with Crippen molar-refractivity contribution in [3.63, 3.8) is 0 Å². The third-order valence-corrected chi connectivity index (χ3v) is 1.06. The average Bonchev–Trinajstić information content (AvgIpc) is 1.94. The van der Waals surface area contributed by atoms with Crippen molar-refractivity contribution >= 4 is 6.09 Å². The zero-order valence-electron chi connectivity index (χ0n) is 8.55. The molecular formula is C9H18NO3. The molecule has 0 fully saturated rings. The highest BCUT2D eigenvalue weighted by Gasteiger charge is 2.15. The van der Waals surface area contributed by atoms with Gasteiger partial charge in [-0.05, 0) is 27.7 Å². The summed E-state index contributed by atoms with van der Waals surface area (Å²) in [5.74, 6) is 0. The van der Waals surface area contributed by atoms with Crippen molar-refractivity contribution in [3.05, 3.63) is 6.92 Å². The molecule has 0 unspecified atom stereocenters. The summed E-state index contributed by atoms with van der Waals surface area (Å²) in [6.07, 6.45) is -0.417. The summed E-state index contributed by atoms with van der Waals surface area (Å²) in [5, 5.41) is 2.56. The number of carbonyl (C=O) groups is 1. The molecule has 0 atom stereocenters. The van der Waals surface area contributed by atoms with Gasteiger partial charge >= 0.3 is 6.09 Å². The molecule has 0 bridgehead atoms. The van der Waals surface area contributed by atoms with E-state index in [1.165, 1.54) is 0 Å². The summed E-state index contributed by atoms with van der Waals surface area (Å²) in [6.45, 7) is 10.3. The van der Waals surface area contributed by atoms with Gasteiger partial charge in [-0.25, -0.2) is 4.79 Å². The first kappa shape index (κ1) is 12.2. The highest BCUT2D eigenvalue weighted by Crippen LogP contribution is 2.05. The van der Waals surface area contributed by atoms with E-state index in [2.05, 4.69) is 12.2 Å². The fraction of sp³-hybridized carbons (Fsp3) is 0.778. The van der Waals surface area contributed by atoms with Gasteiger partial charge in [0.2, 0.25) is 0 Å². The van der Waals surface area contributed by atoms with E-state index in [0.717, 1.165) is 0 Å². The first-order valence-corrected chi connectivity index (χ1v) is 4.29. The number of rotatable bonds is 4. The van der Waals surface area contributed by atoms with Gasteiger partial charge in [-0.15, -0.1) is 0 Å². The Kier molecular flexibility index (Phi) is 5.46. The van der Waals surface area contributed by atoms with Crippen molar-refractivity contribution in [1.29, 1.82) is 0 Å². The predicted octanol–water partition coefficient (Wildman–Crippen LogP) is 1.36. The summed E-state index contributed by atoms with van der Waals surface area (Å²) in [6, 6.07) is 0. The van der Waals surface area contributed by atoms with Crippen molar-refractivity contribution in [2.45, 2.75) is 26.4 Å². The van der Waals surface area contributed by atoms with Gasteiger partial charge in [0.05, 0.1) is 6.61 Å². The summed E-state index contributed by atoms with van der Waals surface area (Å²) in [5.41, 5.74) is -0.447. The molecule has 0 heterocycles. The van der Waals surface area contributed by atoms with Crippen molar-refractivity contribution < 1.29 is 14.3 Å². The molecule has 77 valence electrons. The van der Waals surface area contributed by atoms with Gasteiger partial charge in [-0.2, -0.15) is 0 Å². The van der Waals surface area contributed by atoms with E-state index < -0.39 is 11.7 Å². The molecule has 13 heavy (non-hydrogen) atoms. The van der Waals surface area contributed by atoms with Crippen LogP contribution in [0.2, 0.25) is 0 Å². The van der Waals surface area contributed by atoms with Crippen LogP contribution in [0.1, 0.15) is 20.8 Å². The number of amides is 1. The lowest BCUT2D eigenvalue weighted by Crippen LogP contribution is -2.34. The Morgan fingerprint density at radius 3 is 2.54 bits per heavy atom. The molecule has 0 aliphatic rings. The van der Waals surface area contributed by atoms with Crippen LogP contribution in [0.5, 0.6) is 0 Å². The molecular weight excluding hydrogens is 170 g/mol. The lowest BCUT2D eigenvalue weighted by atomic mass is 10.2. The maximum absolute atomic E-state index is 11.0. The number of carbonyl (C=O) groups excluding carboxylic acids is 1. The Labute approximate surface area is 79.6 Å². The van der Waals surface area contributed by atoms with Gasteiger partial charge in [0.15, 0.2) is 0 Å². The van der Waals surface area contributed by atoms with Gasteiger partial charge in [-0.3, -0.25) is 0 Å². The van der Waals surface area contributed by atoms with Crippen LogP contribution < -0.4 is 5.32 Å². The van der Waals surface area contributed by atoms with Crippen molar-refractivity contribution in [3.8, 4) is 0 Å². The molecule has 0 saturated heterocycles. The summed E-state index contributed by atoms with van der Waals surface area (Å²) in [4.78, 5) is 11.0. The van der Waals surface area contributed by atoms with E-state index in [1.807, 2.05) is 20.8 Å². The fourth-order valence-electron chi connectivity index (χ4n) is 0.642. The van der Waals surface area contributed by atoms with Gasteiger partial charge in [0, 0.05) is 13.2 Å². The van der Waals surface area contributed by atoms with E-state index >= 15 is 0 Å². The van der Waals surface area contributed by atoms with E-state index in [-0.39, 0.29) is 0 Å². The van der Waals surface area contributed by atoms with Gasteiger partial charge in [-0.1, -0.05) is 0 Å². The third kappa shape index (κ3) is 9.14. The Hall–Kier alpha value is -0.770. The second-order valence-corrected chi connectivity index (χ2v) is 3.54. The minimum atomic E-state index is -0.447. The largest absolute Gasteiger partial charge is 0.444 e. The molecule has 0 rings (SSSR count). The van der Waals surface area contributed by atoms with Crippen LogP contribution in [0, 0.1) is 6.92 Å². The minimum absolute atomic E-state index is 0.413. The van der Waals surface area contributed by atoms with Crippen LogP contribution in [0.25, 0.3) is 0 Å². The molecule has 0 aliphatic carbocycles. The van der Waals surface area contributed by atoms with Crippen LogP contribution >= 0.6 is 0 Å². The molecule has 1 amide bonds. The minimum Gasteiger partial charge on any atom is -0.444 e. The summed E-state index contributed by atoms with van der Waals surface area (Å²) >= 11 is 0. The highest BCUT2D eigenvalue weighted by atomic mass is 16.6. The first-order valence-electron chi connectivity index (χ1n) is 4.29. The molecule has 0 aromatic rings. The molecule has 0 spiro atoms. The van der Waals surface area contributed by atoms with E-state index in [0.29, 0.717) is 19.8 Å². The Morgan fingerprint density at radius 1 is 1.46 bits per heavy atom. The van der Waals surface area contributed by atoms with Crippen molar-refractivity contribution in [2.75, 3.05) is 19.8 Å². The molecule has 0 aliphatic heterocycles. The zero-order chi connectivity index (χ0) is 10.3. The standard InChI is InChI=1S/C9H18NO3/c1-5-12-7-6-10-8(11)13-9(2,3)4/h1,5-7H2,2-4H3,(H,10,11). The van der Waals surface area contributed by atoms with Crippen LogP contribution in [0.4, 0.5) is 4.79 Å². The molecule has 1 N–H and O–H groups in total. The number of hydrogen-bond acceptors (Lipinski definition) is 3. The lowest BCUT2D eigenvalue weighted by molar-refractivity contribution is 0.0505. The summed E-state index contributed by atoms with van der Waals surface area (Å²) in [7, 11) is 0.